The van der Waals surface area contributed by atoms with Crippen molar-refractivity contribution in [3.05, 3.63) is 16.1 Å². The number of nitrogens with two attached hydrogens (primary N) is 1. The van der Waals surface area contributed by atoms with E-state index >= 15 is 0 Å². The van der Waals surface area contributed by atoms with Crippen molar-refractivity contribution in [1.29, 1.82) is 0 Å². The van der Waals surface area contributed by atoms with Crippen LogP contribution in [-0.4, -0.2) is 24.8 Å². The summed E-state index contributed by atoms with van der Waals surface area (Å²) in [6.07, 6.45) is 5.49. The van der Waals surface area contributed by atoms with Crippen LogP contribution in [0.2, 0.25) is 0 Å². The average molecular weight is 282 g/mol. The number of nitrogens with zero attached hydrogens (tertiary/aromatic N) is 1. The molecule has 1 saturated heterocycles. The van der Waals surface area contributed by atoms with E-state index in [0.717, 1.165) is 43.2 Å². The van der Waals surface area contributed by atoms with Gasteiger partial charge in [-0.3, -0.25) is 0 Å². The van der Waals surface area contributed by atoms with E-state index in [-0.39, 0.29) is 11.1 Å². The van der Waals surface area contributed by atoms with E-state index in [1.165, 1.54) is 12.8 Å². The fourth-order valence-electron chi connectivity index (χ4n) is 3.14. The number of hydrogen-bond acceptors (Lipinski definition) is 5. The topological polar surface area (TPSA) is 57.4 Å². The molecular weight excluding hydrogens is 260 g/mol. The van der Waals surface area contributed by atoms with Crippen molar-refractivity contribution in [1.82, 2.24) is 4.98 Å². The average Bonchev–Trinajstić information content (AvgIpc) is 3.07. The minimum Gasteiger partial charge on any atom is -0.379 e. The summed E-state index contributed by atoms with van der Waals surface area (Å²) in [6.45, 7) is 4.12. The summed E-state index contributed by atoms with van der Waals surface area (Å²) in [4.78, 5) is 4.83. The van der Waals surface area contributed by atoms with Crippen molar-refractivity contribution in [2.24, 2.45) is 5.73 Å². The highest BCUT2D eigenvalue weighted by Gasteiger charge is 2.41. The third-order valence-electron chi connectivity index (χ3n) is 4.29. The summed E-state index contributed by atoms with van der Waals surface area (Å²) >= 11 is 1.70. The van der Waals surface area contributed by atoms with Crippen molar-refractivity contribution >= 4 is 11.3 Å². The van der Waals surface area contributed by atoms with Crippen molar-refractivity contribution < 1.29 is 9.47 Å². The Balaban J connectivity index is 1.87. The van der Waals surface area contributed by atoms with Gasteiger partial charge >= 0.3 is 0 Å². The van der Waals surface area contributed by atoms with Gasteiger partial charge in [0.1, 0.15) is 10.6 Å². The summed E-state index contributed by atoms with van der Waals surface area (Å²) in [5.41, 5.74) is 6.84. The maximum absolute atomic E-state index is 6.39. The molecule has 19 heavy (non-hydrogen) atoms. The molecule has 3 rings (SSSR count). The first-order chi connectivity index (χ1) is 9.19. The van der Waals surface area contributed by atoms with Crippen molar-refractivity contribution in [2.45, 2.75) is 50.2 Å². The zero-order valence-corrected chi connectivity index (χ0v) is 12.3. The van der Waals surface area contributed by atoms with Crippen LogP contribution in [0.3, 0.4) is 0 Å². The van der Waals surface area contributed by atoms with Crippen LogP contribution in [0, 0.1) is 0 Å². The number of thiazole rings is 1. The molecule has 1 saturated carbocycles. The lowest BCUT2D eigenvalue weighted by molar-refractivity contribution is -0.0393. The maximum atomic E-state index is 6.39. The predicted octanol–water partition coefficient (Wildman–Crippen LogP) is 2.52. The van der Waals surface area contributed by atoms with E-state index in [1.807, 2.05) is 0 Å². The number of rotatable bonds is 4. The molecule has 1 aromatic heterocycles. The molecule has 1 atom stereocenters. The molecule has 2 heterocycles. The molecule has 2 fully saturated rings. The van der Waals surface area contributed by atoms with Gasteiger partial charge in [-0.25, -0.2) is 4.98 Å². The summed E-state index contributed by atoms with van der Waals surface area (Å²) in [7, 11) is 0. The SMILES string of the molecule is CCOC1(c2nc(C3(N)CCOC3)cs2)CCCC1. The predicted molar refractivity (Wildman–Crippen MR) is 75.2 cm³/mol. The van der Waals surface area contributed by atoms with Crippen LogP contribution in [-0.2, 0) is 20.6 Å². The zero-order chi connectivity index (χ0) is 13.3. The molecule has 1 aromatic rings. The van der Waals surface area contributed by atoms with Crippen molar-refractivity contribution in [3.63, 3.8) is 0 Å². The first kappa shape index (κ1) is 13.5. The number of aromatic nitrogens is 1. The fourth-order valence-corrected chi connectivity index (χ4v) is 4.28. The standard InChI is InChI=1S/C14H22N2O2S/c1-2-18-14(5-3-4-6-14)12-16-11(9-19-12)13(15)7-8-17-10-13/h9H,2-8,10,15H2,1H3. The van der Waals surface area contributed by atoms with Gasteiger partial charge in [-0.2, -0.15) is 0 Å². The molecule has 1 unspecified atom stereocenters. The molecule has 1 aliphatic heterocycles. The van der Waals surface area contributed by atoms with Crippen LogP contribution in [0.1, 0.15) is 49.7 Å². The second-order valence-corrected chi connectivity index (χ2v) is 6.49. The van der Waals surface area contributed by atoms with E-state index in [2.05, 4.69) is 12.3 Å². The minimum absolute atomic E-state index is 0.145. The summed E-state index contributed by atoms with van der Waals surface area (Å²) in [6, 6.07) is 0. The van der Waals surface area contributed by atoms with Crippen LogP contribution in [0.4, 0.5) is 0 Å². The fraction of sp³-hybridized carbons (Fsp3) is 0.786. The molecule has 5 heteroatoms. The minimum atomic E-state index is -0.388. The molecule has 0 amide bonds. The molecule has 0 aromatic carbocycles. The van der Waals surface area contributed by atoms with E-state index in [4.69, 9.17) is 20.2 Å². The van der Waals surface area contributed by atoms with E-state index in [0.29, 0.717) is 6.61 Å². The van der Waals surface area contributed by atoms with Gasteiger partial charge < -0.3 is 15.2 Å². The van der Waals surface area contributed by atoms with Gasteiger partial charge in [0.15, 0.2) is 0 Å². The third-order valence-corrected chi connectivity index (χ3v) is 5.32. The van der Waals surface area contributed by atoms with Gasteiger partial charge in [-0.1, -0.05) is 12.8 Å². The molecule has 2 aliphatic rings. The van der Waals surface area contributed by atoms with Crippen LogP contribution < -0.4 is 5.73 Å². The van der Waals surface area contributed by atoms with Crippen molar-refractivity contribution in [2.75, 3.05) is 19.8 Å². The molecule has 1 aliphatic carbocycles. The Bertz CT molecular complexity index is 434. The Morgan fingerprint density at radius 2 is 2.21 bits per heavy atom. The van der Waals surface area contributed by atoms with Gasteiger partial charge in [0.05, 0.1) is 17.8 Å². The lowest BCUT2D eigenvalue weighted by Gasteiger charge is -2.26. The van der Waals surface area contributed by atoms with Gasteiger partial charge in [0, 0.05) is 18.6 Å². The van der Waals surface area contributed by atoms with Gasteiger partial charge in [-0.15, -0.1) is 11.3 Å². The lowest BCUT2D eigenvalue weighted by atomic mass is 9.96. The first-order valence-corrected chi connectivity index (χ1v) is 8.04. The Morgan fingerprint density at radius 1 is 1.42 bits per heavy atom. The second kappa shape index (κ2) is 5.13. The molecule has 2 N–H and O–H groups in total. The van der Waals surface area contributed by atoms with E-state index in [1.54, 1.807) is 11.3 Å². The van der Waals surface area contributed by atoms with Crippen LogP contribution in [0.5, 0.6) is 0 Å². The second-order valence-electron chi connectivity index (χ2n) is 5.63. The largest absolute Gasteiger partial charge is 0.379 e. The monoisotopic (exact) mass is 282 g/mol. The van der Waals surface area contributed by atoms with Crippen LogP contribution in [0.15, 0.2) is 5.38 Å². The smallest absolute Gasteiger partial charge is 0.125 e. The lowest BCUT2D eigenvalue weighted by Crippen LogP contribution is -2.37. The molecule has 106 valence electrons. The van der Waals surface area contributed by atoms with Gasteiger partial charge in [0.2, 0.25) is 0 Å². The Kier molecular flexibility index (Phi) is 3.64. The summed E-state index contributed by atoms with van der Waals surface area (Å²) in [5, 5.41) is 3.21. The molecule has 4 nitrogen and oxygen atoms in total. The zero-order valence-electron chi connectivity index (χ0n) is 11.5. The van der Waals surface area contributed by atoms with Crippen molar-refractivity contribution in [3.8, 4) is 0 Å². The molecule has 0 bridgehead atoms. The highest BCUT2D eigenvalue weighted by molar-refractivity contribution is 7.09. The summed E-state index contributed by atoms with van der Waals surface area (Å²) < 4.78 is 11.5. The normalized spacial score (nSPS) is 30.0. The molecular formula is C14H22N2O2S. The summed E-state index contributed by atoms with van der Waals surface area (Å²) in [5.74, 6) is 0. The van der Waals surface area contributed by atoms with Crippen LogP contribution in [0.25, 0.3) is 0 Å². The Hall–Kier alpha value is -0.490. The van der Waals surface area contributed by atoms with Gasteiger partial charge in [0.25, 0.3) is 0 Å². The van der Waals surface area contributed by atoms with Gasteiger partial charge in [-0.05, 0) is 26.2 Å². The number of ether oxygens (including phenoxy) is 2. The quantitative estimate of drug-likeness (QED) is 0.922. The highest BCUT2D eigenvalue weighted by atomic mass is 32.1. The van der Waals surface area contributed by atoms with E-state index < -0.39 is 0 Å². The molecule has 0 spiro atoms. The first-order valence-electron chi connectivity index (χ1n) is 7.16. The third kappa shape index (κ3) is 2.33. The molecule has 0 radical (unpaired) electrons. The number of hydrogen-bond donors (Lipinski definition) is 1. The highest BCUT2D eigenvalue weighted by Crippen LogP contribution is 2.44. The Morgan fingerprint density at radius 3 is 2.84 bits per heavy atom. The maximum Gasteiger partial charge on any atom is 0.125 e. The Labute approximate surface area is 118 Å². The van der Waals surface area contributed by atoms with Crippen LogP contribution >= 0.6 is 11.3 Å². The van der Waals surface area contributed by atoms with E-state index in [9.17, 15) is 0 Å².